The van der Waals surface area contributed by atoms with E-state index in [2.05, 4.69) is 20.8 Å². The van der Waals surface area contributed by atoms with E-state index in [9.17, 15) is 19.5 Å². The van der Waals surface area contributed by atoms with E-state index in [-0.39, 0.29) is 29.1 Å². The Balaban J connectivity index is 1.53. The average molecular weight is 524 g/mol. The van der Waals surface area contributed by atoms with Crippen molar-refractivity contribution in [1.29, 1.82) is 0 Å². The second-order valence-corrected chi connectivity index (χ2v) is 11.3. The normalized spacial score (nSPS) is 14.8. The highest BCUT2D eigenvalue weighted by molar-refractivity contribution is 5.96. The number of pyridine rings is 1. The molecule has 3 aromatic rings. The zero-order chi connectivity index (χ0) is 27.6. The van der Waals surface area contributed by atoms with Gasteiger partial charge in [-0.1, -0.05) is 45.7 Å². The molecule has 4 rings (SSSR count). The van der Waals surface area contributed by atoms with Crippen LogP contribution in [0.2, 0.25) is 0 Å². The number of ether oxygens (including phenoxy) is 2. The Bertz CT molecular complexity index is 1400. The molecule has 0 saturated carbocycles. The quantitative estimate of drug-likeness (QED) is 0.278. The van der Waals surface area contributed by atoms with Gasteiger partial charge in [-0.2, -0.15) is 5.10 Å². The number of aromatic nitrogens is 3. The summed E-state index contributed by atoms with van der Waals surface area (Å²) in [5.41, 5.74) is 1.19. The molecule has 1 aliphatic heterocycles. The number of carboxylic acids is 1. The van der Waals surface area contributed by atoms with Crippen molar-refractivity contribution >= 4 is 22.8 Å². The van der Waals surface area contributed by atoms with Gasteiger partial charge in [0.2, 0.25) is 0 Å². The summed E-state index contributed by atoms with van der Waals surface area (Å²) in [7, 11) is 0. The molecular weight excluding hydrogens is 486 g/mol. The van der Waals surface area contributed by atoms with Gasteiger partial charge in [0, 0.05) is 24.1 Å². The van der Waals surface area contributed by atoms with Gasteiger partial charge in [-0.15, -0.1) is 0 Å². The summed E-state index contributed by atoms with van der Waals surface area (Å²) in [6.07, 6.45) is 5.35. The highest BCUT2D eigenvalue weighted by Crippen LogP contribution is 2.43. The Morgan fingerprint density at radius 3 is 2.58 bits per heavy atom. The van der Waals surface area contributed by atoms with Crippen LogP contribution in [0.25, 0.3) is 22.3 Å². The largest absolute Gasteiger partial charge is 0.491 e. The number of esters is 1. The highest BCUT2D eigenvalue weighted by atomic mass is 16.5. The number of carbonyl (C=O) groups excluding carboxylic acids is 1. The topological polar surface area (TPSA) is 113 Å². The van der Waals surface area contributed by atoms with E-state index in [1.54, 1.807) is 0 Å². The first-order chi connectivity index (χ1) is 18.0. The van der Waals surface area contributed by atoms with Crippen molar-refractivity contribution in [3.63, 3.8) is 0 Å². The lowest BCUT2D eigenvalue weighted by Crippen LogP contribution is -2.35. The first kappa shape index (κ1) is 27.4. The van der Waals surface area contributed by atoms with Gasteiger partial charge in [0.25, 0.3) is 0 Å². The van der Waals surface area contributed by atoms with Gasteiger partial charge in [0.05, 0.1) is 36.7 Å². The van der Waals surface area contributed by atoms with Gasteiger partial charge in [-0.3, -0.25) is 14.3 Å². The number of hydrogen-bond acceptors (Lipinski definition) is 6. The molecule has 0 unspecified atom stereocenters. The molecule has 38 heavy (non-hydrogen) atoms. The molecule has 3 heterocycles. The van der Waals surface area contributed by atoms with Crippen LogP contribution in [0.1, 0.15) is 83.1 Å². The first-order valence-electron chi connectivity index (χ1n) is 13.3. The standard InChI is InChI=1S/C29H37N3O6/c1-18(2)38-25(34)13-8-6-7-9-14-37-23-12-10-11-19-26(23)30-32-17-24(29(3,4)5)31-16-20(28(35)36)22(33)15-21(31)27(19)32/h10-12,15-16,18,24H,6-9,13-14,17H2,1-5H3,(H,35,36)/t24-/m0/s1. The number of hydrogen-bond donors (Lipinski definition) is 1. The van der Waals surface area contributed by atoms with Crippen molar-refractivity contribution < 1.29 is 24.2 Å². The molecule has 0 bridgehead atoms. The maximum absolute atomic E-state index is 12.7. The molecule has 0 aliphatic carbocycles. The van der Waals surface area contributed by atoms with Crippen molar-refractivity contribution in [2.24, 2.45) is 5.41 Å². The predicted octanol–water partition coefficient (Wildman–Crippen LogP) is 5.44. The molecule has 9 nitrogen and oxygen atoms in total. The van der Waals surface area contributed by atoms with E-state index in [1.165, 1.54) is 12.3 Å². The van der Waals surface area contributed by atoms with Crippen molar-refractivity contribution in [3.8, 4) is 17.1 Å². The molecule has 1 N–H and O–H groups in total. The van der Waals surface area contributed by atoms with E-state index in [4.69, 9.17) is 14.6 Å². The summed E-state index contributed by atoms with van der Waals surface area (Å²) in [6.45, 7) is 11.1. The molecule has 0 spiro atoms. The van der Waals surface area contributed by atoms with Crippen molar-refractivity contribution in [2.75, 3.05) is 6.61 Å². The minimum atomic E-state index is -1.23. The molecule has 9 heteroatoms. The maximum atomic E-state index is 12.7. The molecular formula is C29H37N3O6. The summed E-state index contributed by atoms with van der Waals surface area (Å²) in [4.78, 5) is 36.0. The predicted molar refractivity (Wildman–Crippen MR) is 145 cm³/mol. The number of benzene rings is 1. The number of carboxylic acid groups (broad SMARTS) is 1. The van der Waals surface area contributed by atoms with Crippen LogP contribution < -0.4 is 10.2 Å². The Hall–Kier alpha value is -3.62. The van der Waals surface area contributed by atoms with Crippen LogP contribution in [0.3, 0.4) is 0 Å². The fourth-order valence-electron chi connectivity index (χ4n) is 4.97. The van der Waals surface area contributed by atoms with Gasteiger partial charge in [0.1, 0.15) is 16.8 Å². The number of fused-ring (bicyclic) bond motifs is 5. The SMILES string of the molecule is CC(C)OC(=O)CCCCCCOc1cccc2c3n(nc12)C[C@@H](C(C)(C)C)n1cc(C(=O)O)c(=O)cc1-3. The molecule has 0 saturated heterocycles. The number of rotatable bonds is 10. The lowest BCUT2D eigenvalue weighted by atomic mass is 9.85. The third-order valence-corrected chi connectivity index (χ3v) is 6.87. The van der Waals surface area contributed by atoms with E-state index in [1.807, 2.05) is 41.3 Å². The summed E-state index contributed by atoms with van der Waals surface area (Å²) < 4.78 is 15.1. The third kappa shape index (κ3) is 5.76. The van der Waals surface area contributed by atoms with Crippen molar-refractivity contribution in [3.05, 3.63) is 46.2 Å². The Morgan fingerprint density at radius 2 is 1.89 bits per heavy atom. The Labute approximate surface area is 222 Å². The average Bonchev–Trinajstić information content (AvgIpc) is 3.21. The van der Waals surface area contributed by atoms with E-state index >= 15 is 0 Å². The van der Waals surface area contributed by atoms with Crippen LogP contribution in [0.5, 0.6) is 5.75 Å². The summed E-state index contributed by atoms with van der Waals surface area (Å²) in [6, 6.07) is 7.07. The van der Waals surface area contributed by atoms with E-state index < -0.39 is 11.4 Å². The fraction of sp³-hybridized carbons (Fsp3) is 0.517. The maximum Gasteiger partial charge on any atom is 0.341 e. The second-order valence-electron chi connectivity index (χ2n) is 11.3. The molecule has 204 valence electrons. The lowest BCUT2D eigenvalue weighted by molar-refractivity contribution is -0.147. The minimum Gasteiger partial charge on any atom is -0.491 e. The van der Waals surface area contributed by atoms with Gasteiger partial charge >= 0.3 is 11.9 Å². The minimum absolute atomic E-state index is 0.0803. The number of aromatic carboxylic acids is 1. The van der Waals surface area contributed by atoms with E-state index in [0.29, 0.717) is 31.0 Å². The number of nitrogens with zero attached hydrogens (tertiary/aromatic N) is 3. The molecule has 2 aromatic heterocycles. The van der Waals surface area contributed by atoms with Crippen molar-refractivity contribution in [1.82, 2.24) is 14.3 Å². The van der Waals surface area contributed by atoms with Crippen molar-refractivity contribution in [2.45, 2.75) is 85.4 Å². The fourth-order valence-corrected chi connectivity index (χ4v) is 4.97. The zero-order valence-corrected chi connectivity index (χ0v) is 22.8. The van der Waals surface area contributed by atoms with Crippen LogP contribution in [-0.4, -0.2) is 44.1 Å². The molecule has 1 aliphatic rings. The highest BCUT2D eigenvalue weighted by Gasteiger charge is 2.35. The third-order valence-electron chi connectivity index (χ3n) is 6.87. The monoisotopic (exact) mass is 523 g/mol. The van der Waals surface area contributed by atoms with Crippen LogP contribution in [0, 0.1) is 5.41 Å². The van der Waals surface area contributed by atoms with Crippen LogP contribution in [0.4, 0.5) is 0 Å². The molecule has 0 radical (unpaired) electrons. The number of unbranched alkanes of at least 4 members (excludes halogenated alkanes) is 3. The summed E-state index contributed by atoms with van der Waals surface area (Å²) >= 11 is 0. The molecule has 0 fully saturated rings. The smallest absolute Gasteiger partial charge is 0.341 e. The lowest BCUT2D eigenvalue weighted by Gasteiger charge is -2.38. The van der Waals surface area contributed by atoms with Crippen LogP contribution >= 0.6 is 0 Å². The summed E-state index contributed by atoms with van der Waals surface area (Å²) in [5.74, 6) is -0.704. The van der Waals surface area contributed by atoms with Gasteiger partial charge < -0.3 is 19.1 Å². The van der Waals surface area contributed by atoms with Gasteiger partial charge in [-0.25, -0.2) is 4.79 Å². The zero-order valence-electron chi connectivity index (χ0n) is 22.8. The van der Waals surface area contributed by atoms with E-state index in [0.717, 1.165) is 42.3 Å². The number of carbonyl (C=O) groups is 2. The Morgan fingerprint density at radius 1 is 1.16 bits per heavy atom. The molecule has 0 amide bonds. The Kier molecular flexibility index (Phi) is 7.94. The van der Waals surface area contributed by atoms with Crippen LogP contribution in [-0.2, 0) is 16.1 Å². The van der Waals surface area contributed by atoms with Crippen LogP contribution in [0.15, 0.2) is 35.3 Å². The van der Waals surface area contributed by atoms with Gasteiger partial charge in [0.15, 0.2) is 5.43 Å². The molecule has 1 aromatic carbocycles. The first-order valence-corrected chi connectivity index (χ1v) is 13.3. The second kappa shape index (κ2) is 11.0. The summed E-state index contributed by atoms with van der Waals surface area (Å²) in [5, 5.41) is 15.3. The molecule has 1 atom stereocenters. The van der Waals surface area contributed by atoms with Gasteiger partial charge in [-0.05, 0) is 38.2 Å².